The normalized spacial score (nSPS) is 11.2. The Balaban J connectivity index is 1.69. The van der Waals surface area contributed by atoms with E-state index in [2.05, 4.69) is 10.4 Å². The van der Waals surface area contributed by atoms with Gasteiger partial charge in [-0.05, 0) is 30.0 Å². The number of thiophene rings is 1. The molecule has 3 aromatic heterocycles. The third-order valence-corrected chi connectivity index (χ3v) is 5.98. The average Bonchev–Trinajstić information content (AvgIpc) is 3.39. The number of ether oxygens (including phenoxy) is 2. The van der Waals surface area contributed by atoms with Crippen LogP contribution in [-0.4, -0.2) is 38.9 Å². The van der Waals surface area contributed by atoms with Crippen molar-refractivity contribution in [3.8, 4) is 11.5 Å². The first-order chi connectivity index (χ1) is 15.5. The lowest BCUT2D eigenvalue weighted by molar-refractivity contribution is -0.117. The van der Waals surface area contributed by atoms with Gasteiger partial charge in [-0.3, -0.25) is 14.2 Å². The molecule has 0 bridgehead atoms. The number of aromatic nitrogens is 4. The lowest BCUT2D eigenvalue weighted by Crippen LogP contribution is -2.29. The molecule has 1 amide bonds. The molecular weight excluding hydrogens is 434 g/mol. The van der Waals surface area contributed by atoms with Crippen LogP contribution in [0.25, 0.3) is 16.0 Å². The fourth-order valence-corrected chi connectivity index (χ4v) is 4.33. The molecule has 0 aliphatic carbocycles. The molecule has 0 aliphatic rings. The molecule has 4 rings (SSSR count). The van der Waals surface area contributed by atoms with Crippen molar-refractivity contribution >= 4 is 38.9 Å². The summed E-state index contributed by atoms with van der Waals surface area (Å²) in [5.74, 6) is 0.798. The van der Waals surface area contributed by atoms with Gasteiger partial charge in [0.25, 0.3) is 5.56 Å². The van der Waals surface area contributed by atoms with Crippen LogP contribution in [0.5, 0.6) is 11.5 Å². The van der Waals surface area contributed by atoms with E-state index in [4.69, 9.17) is 9.47 Å². The number of nitrogens with one attached hydrogen (secondary N) is 1. The minimum atomic E-state index is -0.476. The van der Waals surface area contributed by atoms with Gasteiger partial charge < -0.3 is 14.8 Å². The van der Waals surface area contributed by atoms with Crippen molar-refractivity contribution in [1.82, 2.24) is 18.7 Å². The van der Waals surface area contributed by atoms with Gasteiger partial charge in [0.1, 0.15) is 11.2 Å². The standard InChI is InChI=1S/C21H23N5O5S/c1-4-5-9-24-19(28)18-14(8-10-32-18)26-20(24)23-25(21(26)29)12-17(27)22-13-6-7-15(30-2)16(11-13)31-3/h6-8,10-11H,4-5,9,12H2,1-3H3,(H,22,27). The number of rotatable bonds is 8. The van der Waals surface area contributed by atoms with Gasteiger partial charge in [-0.15, -0.1) is 16.4 Å². The van der Waals surface area contributed by atoms with Gasteiger partial charge in [-0.25, -0.2) is 13.9 Å². The van der Waals surface area contributed by atoms with Crippen molar-refractivity contribution in [2.24, 2.45) is 0 Å². The first-order valence-corrected chi connectivity index (χ1v) is 11.0. The molecular formula is C21H23N5O5S. The molecule has 0 spiro atoms. The maximum Gasteiger partial charge on any atom is 0.352 e. The van der Waals surface area contributed by atoms with Gasteiger partial charge in [-0.1, -0.05) is 13.3 Å². The molecule has 0 radical (unpaired) electrons. The SMILES string of the molecule is CCCCn1c(=O)c2sccc2n2c(=O)n(CC(=O)Nc3ccc(OC)c(OC)c3)nc12. The Labute approximate surface area is 186 Å². The first kappa shape index (κ1) is 21.6. The largest absolute Gasteiger partial charge is 0.493 e. The highest BCUT2D eigenvalue weighted by molar-refractivity contribution is 7.17. The van der Waals surface area contributed by atoms with Crippen molar-refractivity contribution in [2.45, 2.75) is 32.9 Å². The summed E-state index contributed by atoms with van der Waals surface area (Å²) in [6.07, 6.45) is 1.66. The summed E-state index contributed by atoms with van der Waals surface area (Å²) in [5, 5.41) is 8.83. The lowest BCUT2D eigenvalue weighted by Gasteiger charge is -2.10. The van der Waals surface area contributed by atoms with E-state index >= 15 is 0 Å². The minimum Gasteiger partial charge on any atom is -0.493 e. The highest BCUT2D eigenvalue weighted by Crippen LogP contribution is 2.29. The highest BCUT2D eigenvalue weighted by Gasteiger charge is 2.19. The van der Waals surface area contributed by atoms with E-state index in [0.717, 1.165) is 17.5 Å². The number of unbranched alkanes of at least 4 members (excludes halogenated alkanes) is 1. The third-order valence-electron chi connectivity index (χ3n) is 5.08. The smallest absolute Gasteiger partial charge is 0.352 e. The second kappa shape index (κ2) is 8.87. The molecule has 3 heterocycles. The van der Waals surface area contributed by atoms with Crippen LogP contribution in [0.3, 0.4) is 0 Å². The van der Waals surface area contributed by atoms with E-state index < -0.39 is 11.6 Å². The zero-order chi connectivity index (χ0) is 22.8. The number of carbonyl (C=O) groups excluding carboxylic acids is 1. The fourth-order valence-electron chi connectivity index (χ4n) is 3.51. The molecule has 32 heavy (non-hydrogen) atoms. The van der Waals surface area contributed by atoms with Gasteiger partial charge in [0.2, 0.25) is 11.7 Å². The zero-order valence-corrected chi connectivity index (χ0v) is 18.8. The topological polar surface area (TPSA) is 109 Å². The summed E-state index contributed by atoms with van der Waals surface area (Å²) in [4.78, 5) is 38.6. The average molecular weight is 458 g/mol. The number of hydrogen-bond donors (Lipinski definition) is 1. The molecule has 0 unspecified atom stereocenters. The number of hydrogen-bond acceptors (Lipinski definition) is 7. The Hall–Kier alpha value is -3.60. The van der Waals surface area contributed by atoms with Crippen LogP contribution in [0.4, 0.5) is 5.69 Å². The highest BCUT2D eigenvalue weighted by atomic mass is 32.1. The molecule has 0 fully saturated rings. The molecule has 168 valence electrons. The Morgan fingerprint density at radius 3 is 2.66 bits per heavy atom. The Kier molecular flexibility index (Phi) is 5.99. The first-order valence-electron chi connectivity index (χ1n) is 10.1. The predicted molar refractivity (Wildman–Crippen MR) is 122 cm³/mol. The monoisotopic (exact) mass is 457 g/mol. The molecule has 0 aliphatic heterocycles. The van der Waals surface area contributed by atoms with E-state index in [9.17, 15) is 14.4 Å². The molecule has 1 aromatic carbocycles. The quantitative estimate of drug-likeness (QED) is 0.435. The van der Waals surface area contributed by atoms with Crippen molar-refractivity contribution in [1.29, 1.82) is 0 Å². The van der Waals surface area contributed by atoms with Crippen molar-refractivity contribution in [3.63, 3.8) is 0 Å². The van der Waals surface area contributed by atoms with E-state index in [1.807, 2.05) is 6.92 Å². The summed E-state index contributed by atoms with van der Waals surface area (Å²) in [5.41, 5.74) is 0.336. The zero-order valence-electron chi connectivity index (χ0n) is 18.0. The molecule has 4 aromatic rings. The lowest BCUT2D eigenvalue weighted by atomic mass is 10.2. The number of aryl methyl sites for hydroxylation is 1. The maximum atomic E-state index is 13.1. The van der Waals surface area contributed by atoms with Crippen molar-refractivity contribution in [3.05, 3.63) is 50.5 Å². The van der Waals surface area contributed by atoms with Crippen molar-refractivity contribution < 1.29 is 14.3 Å². The number of fused-ring (bicyclic) bond motifs is 3. The van der Waals surface area contributed by atoms with Gasteiger partial charge in [0.05, 0.1) is 19.7 Å². The Bertz CT molecular complexity index is 1410. The third kappa shape index (κ3) is 3.75. The molecule has 1 N–H and O–H groups in total. The molecule has 0 saturated heterocycles. The van der Waals surface area contributed by atoms with Crippen LogP contribution in [0.15, 0.2) is 39.2 Å². The van der Waals surface area contributed by atoms with E-state index in [1.54, 1.807) is 29.6 Å². The molecule has 0 atom stereocenters. The van der Waals surface area contributed by atoms with Crippen LogP contribution in [-0.2, 0) is 17.9 Å². The van der Waals surface area contributed by atoms with Crippen LogP contribution < -0.4 is 26.0 Å². The van der Waals surface area contributed by atoms with Crippen LogP contribution in [0.1, 0.15) is 19.8 Å². The number of benzene rings is 1. The van der Waals surface area contributed by atoms with Crippen molar-refractivity contribution in [2.75, 3.05) is 19.5 Å². The van der Waals surface area contributed by atoms with Gasteiger partial charge in [-0.2, -0.15) is 0 Å². The van der Waals surface area contributed by atoms with Gasteiger partial charge in [0, 0.05) is 18.3 Å². The van der Waals surface area contributed by atoms with E-state index in [-0.39, 0.29) is 17.9 Å². The number of amides is 1. The second-order valence-electron chi connectivity index (χ2n) is 7.14. The van der Waals surface area contributed by atoms with Gasteiger partial charge >= 0.3 is 5.69 Å². The molecule has 10 nitrogen and oxygen atoms in total. The Morgan fingerprint density at radius 1 is 1.16 bits per heavy atom. The van der Waals surface area contributed by atoms with E-state index in [0.29, 0.717) is 33.9 Å². The summed E-state index contributed by atoms with van der Waals surface area (Å²) in [6.45, 7) is 2.17. The number of nitrogens with zero attached hydrogens (tertiary/aromatic N) is 4. The Morgan fingerprint density at radius 2 is 1.94 bits per heavy atom. The summed E-state index contributed by atoms with van der Waals surface area (Å²) in [7, 11) is 3.03. The molecule has 0 saturated carbocycles. The predicted octanol–water partition coefficient (Wildman–Crippen LogP) is 2.33. The summed E-state index contributed by atoms with van der Waals surface area (Å²) >= 11 is 1.29. The number of anilines is 1. The molecule has 11 heteroatoms. The summed E-state index contributed by atoms with van der Waals surface area (Å²) < 4.78 is 14.9. The number of methoxy groups -OCH3 is 2. The fraction of sp³-hybridized carbons (Fsp3) is 0.333. The summed E-state index contributed by atoms with van der Waals surface area (Å²) in [6, 6.07) is 6.68. The van der Waals surface area contributed by atoms with Crippen LogP contribution >= 0.6 is 11.3 Å². The second-order valence-corrected chi connectivity index (χ2v) is 8.05. The maximum absolute atomic E-state index is 13.1. The van der Waals surface area contributed by atoms with Crippen LogP contribution in [0, 0.1) is 0 Å². The minimum absolute atomic E-state index is 0.178. The van der Waals surface area contributed by atoms with E-state index in [1.165, 1.54) is 34.5 Å². The van der Waals surface area contributed by atoms with Crippen LogP contribution in [0.2, 0.25) is 0 Å². The number of carbonyl (C=O) groups is 1. The van der Waals surface area contributed by atoms with Gasteiger partial charge in [0.15, 0.2) is 11.5 Å².